The van der Waals surface area contributed by atoms with Gasteiger partial charge in [-0.3, -0.25) is 14.5 Å². The van der Waals surface area contributed by atoms with Gasteiger partial charge in [-0.05, 0) is 31.2 Å². The van der Waals surface area contributed by atoms with Gasteiger partial charge in [0.15, 0.2) is 5.82 Å². The monoisotopic (exact) mass is 453 g/mol. The molecule has 168 valence electrons. The molecule has 0 spiro atoms. The van der Waals surface area contributed by atoms with Crippen molar-refractivity contribution in [2.45, 2.75) is 18.2 Å². The first-order valence-corrected chi connectivity index (χ1v) is 11.2. The molecule has 2 N–H and O–H groups in total. The van der Waals surface area contributed by atoms with E-state index in [1.807, 2.05) is 4.90 Å². The van der Waals surface area contributed by atoms with Crippen molar-refractivity contribution in [3.05, 3.63) is 41.9 Å². The minimum absolute atomic E-state index is 0.00637. The van der Waals surface area contributed by atoms with Gasteiger partial charge in [0, 0.05) is 45.2 Å². The van der Waals surface area contributed by atoms with Gasteiger partial charge in [-0.25, -0.2) is 17.5 Å². The molecule has 1 aliphatic heterocycles. The highest BCUT2D eigenvalue weighted by Crippen LogP contribution is 2.10. The Morgan fingerprint density at radius 3 is 2.45 bits per heavy atom. The Labute approximate surface area is 179 Å². The van der Waals surface area contributed by atoms with Crippen LogP contribution in [0, 0.1) is 12.7 Å². The Balaban J connectivity index is 1.38. The molecule has 10 nitrogen and oxygen atoms in total. The van der Waals surface area contributed by atoms with Gasteiger partial charge in [0.25, 0.3) is 0 Å². The number of halogens is 1. The summed E-state index contributed by atoms with van der Waals surface area (Å²) in [6.45, 7) is 3.78. The van der Waals surface area contributed by atoms with Crippen molar-refractivity contribution in [2.75, 3.05) is 44.6 Å². The summed E-state index contributed by atoms with van der Waals surface area (Å²) < 4.78 is 44.5. The van der Waals surface area contributed by atoms with Gasteiger partial charge in [-0.1, -0.05) is 5.16 Å². The van der Waals surface area contributed by atoms with Crippen molar-refractivity contribution in [1.29, 1.82) is 0 Å². The van der Waals surface area contributed by atoms with Crippen LogP contribution in [0.5, 0.6) is 0 Å². The zero-order valence-electron chi connectivity index (χ0n) is 17.0. The van der Waals surface area contributed by atoms with Crippen molar-refractivity contribution >= 4 is 27.7 Å². The molecule has 1 aliphatic rings. The molecule has 0 aliphatic carbocycles. The van der Waals surface area contributed by atoms with Gasteiger partial charge >= 0.3 is 0 Å². The molecule has 31 heavy (non-hydrogen) atoms. The summed E-state index contributed by atoms with van der Waals surface area (Å²) in [5, 5.41) is 6.36. The highest BCUT2D eigenvalue weighted by Gasteiger charge is 2.23. The summed E-state index contributed by atoms with van der Waals surface area (Å²) in [5.74, 6) is 0.0352. The van der Waals surface area contributed by atoms with Crippen LogP contribution in [0.15, 0.2) is 39.8 Å². The lowest BCUT2D eigenvalue weighted by Crippen LogP contribution is -2.50. The van der Waals surface area contributed by atoms with E-state index in [1.165, 1.54) is 12.1 Å². The number of aryl methyl sites for hydroxylation is 1. The molecule has 2 amide bonds. The molecule has 0 atom stereocenters. The average molecular weight is 453 g/mol. The molecule has 1 saturated heterocycles. The molecule has 0 radical (unpaired) electrons. The second kappa shape index (κ2) is 9.98. The largest absolute Gasteiger partial charge is 0.360 e. The molecule has 2 heterocycles. The van der Waals surface area contributed by atoms with Gasteiger partial charge in [-0.2, -0.15) is 0 Å². The smallest absolute Gasteiger partial charge is 0.240 e. The predicted molar refractivity (Wildman–Crippen MR) is 109 cm³/mol. The van der Waals surface area contributed by atoms with Crippen molar-refractivity contribution in [2.24, 2.45) is 0 Å². The summed E-state index contributed by atoms with van der Waals surface area (Å²) >= 11 is 0. The van der Waals surface area contributed by atoms with Crippen LogP contribution in [0.4, 0.5) is 10.2 Å². The van der Waals surface area contributed by atoms with Crippen molar-refractivity contribution in [3.63, 3.8) is 0 Å². The van der Waals surface area contributed by atoms with Crippen molar-refractivity contribution in [3.8, 4) is 0 Å². The number of nitrogens with one attached hydrogen (secondary N) is 2. The summed E-state index contributed by atoms with van der Waals surface area (Å²) in [6, 6.07) is 6.08. The van der Waals surface area contributed by atoms with Gasteiger partial charge in [0.2, 0.25) is 21.8 Å². The Morgan fingerprint density at radius 2 is 1.84 bits per heavy atom. The average Bonchev–Trinajstić information content (AvgIpc) is 3.13. The highest BCUT2D eigenvalue weighted by molar-refractivity contribution is 7.89. The van der Waals surface area contributed by atoms with E-state index in [2.05, 4.69) is 15.2 Å². The first-order chi connectivity index (χ1) is 14.7. The third-order valence-electron chi connectivity index (χ3n) is 4.74. The molecule has 12 heteroatoms. The molecule has 1 aromatic heterocycles. The van der Waals surface area contributed by atoms with Crippen molar-refractivity contribution in [1.82, 2.24) is 19.7 Å². The summed E-state index contributed by atoms with van der Waals surface area (Å²) in [7, 11) is -3.80. The van der Waals surface area contributed by atoms with Crippen LogP contribution in [-0.4, -0.2) is 74.5 Å². The number of benzene rings is 1. The summed E-state index contributed by atoms with van der Waals surface area (Å²) in [6.07, 6.45) is 0.00637. The number of sulfonamides is 1. The van der Waals surface area contributed by atoms with E-state index in [-0.39, 0.29) is 36.2 Å². The highest BCUT2D eigenvalue weighted by atomic mass is 32.2. The molecule has 3 rings (SSSR count). The molecule has 0 saturated carbocycles. The number of anilines is 1. The number of nitrogens with zero attached hydrogens (tertiary/aromatic N) is 3. The van der Waals surface area contributed by atoms with Crippen LogP contribution in [0.3, 0.4) is 0 Å². The van der Waals surface area contributed by atoms with E-state index in [9.17, 15) is 22.4 Å². The third-order valence-corrected chi connectivity index (χ3v) is 6.22. The van der Waals surface area contributed by atoms with Gasteiger partial charge in [-0.15, -0.1) is 0 Å². The lowest BCUT2D eigenvalue weighted by molar-refractivity contribution is -0.132. The van der Waals surface area contributed by atoms with Crippen LogP contribution >= 0.6 is 0 Å². The van der Waals surface area contributed by atoms with E-state index < -0.39 is 15.8 Å². The number of amides is 2. The van der Waals surface area contributed by atoms with E-state index in [0.717, 1.165) is 12.1 Å². The van der Waals surface area contributed by atoms with Crippen LogP contribution in [0.1, 0.15) is 12.2 Å². The van der Waals surface area contributed by atoms with Gasteiger partial charge < -0.3 is 14.7 Å². The van der Waals surface area contributed by atoms with E-state index in [4.69, 9.17) is 4.52 Å². The van der Waals surface area contributed by atoms with Crippen molar-refractivity contribution < 1.29 is 26.9 Å². The minimum Gasteiger partial charge on any atom is -0.360 e. The van der Waals surface area contributed by atoms with Crippen LogP contribution in [0.2, 0.25) is 0 Å². The zero-order chi connectivity index (χ0) is 22.4. The zero-order valence-corrected chi connectivity index (χ0v) is 17.8. The SMILES string of the molecule is Cc1cc(NC(=O)CN2CCN(C(=O)CCNS(=O)(=O)c3ccc(F)cc3)CC2)no1. The fourth-order valence-corrected chi connectivity index (χ4v) is 4.15. The lowest BCUT2D eigenvalue weighted by atomic mass is 10.2. The molecule has 2 aromatic rings. The number of carbonyl (C=O) groups excluding carboxylic acids is 2. The van der Waals surface area contributed by atoms with E-state index in [1.54, 1.807) is 17.9 Å². The summed E-state index contributed by atoms with van der Waals surface area (Å²) in [4.78, 5) is 27.9. The van der Waals surface area contributed by atoms with Crippen LogP contribution in [0.25, 0.3) is 0 Å². The van der Waals surface area contributed by atoms with Crippen LogP contribution < -0.4 is 10.0 Å². The summed E-state index contributed by atoms with van der Waals surface area (Å²) in [5.41, 5.74) is 0. The van der Waals surface area contributed by atoms with Gasteiger partial charge in [0.05, 0.1) is 11.4 Å². The molecular weight excluding hydrogens is 429 g/mol. The maximum atomic E-state index is 12.9. The first kappa shape index (κ1) is 22.8. The predicted octanol–water partition coefficient (Wildman–Crippen LogP) is 0.573. The molecule has 0 bridgehead atoms. The minimum atomic E-state index is -3.80. The quantitative estimate of drug-likeness (QED) is 0.599. The van der Waals surface area contributed by atoms with Crippen LogP contribution in [-0.2, 0) is 19.6 Å². The second-order valence-corrected chi connectivity index (χ2v) is 8.90. The Hall–Kier alpha value is -2.83. The molecule has 0 unspecified atom stereocenters. The number of hydrogen-bond acceptors (Lipinski definition) is 7. The maximum absolute atomic E-state index is 12.9. The number of piperazine rings is 1. The third kappa shape index (κ3) is 6.57. The standard InChI is InChI=1S/C19H24FN5O5S/c1-14-12-17(23-30-14)22-18(26)13-24-8-10-25(11-9-24)19(27)6-7-21-31(28,29)16-4-2-15(20)3-5-16/h2-5,12,21H,6-11,13H2,1H3,(H,22,23,26). The first-order valence-electron chi connectivity index (χ1n) is 9.71. The molecule has 1 aromatic carbocycles. The van der Waals surface area contributed by atoms with Gasteiger partial charge in [0.1, 0.15) is 11.6 Å². The van der Waals surface area contributed by atoms with E-state index in [0.29, 0.717) is 37.8 Å². The molecular formula is C19H24FN5O5S. The fourth-order valence-electron chi connectivity index (χ4n) is 3.11. The maximum Gasteiger partial charge on any atom is 0.240 e. The Kier molecular flexibility index (Phi) is 7.36. The second-order valence-electron chi connectivity index (χ2n) is 7.13. The fraction of sp³-hybridized carbons (Fsp3) is 0.421. The Morgan fingerprint density at radius 1 is 1.16 bits per heavy atom. The normalized spacial score (nSPS) is 15.1. The number of carbonyl (C=O) groups is 2. The Bertz CT molecular complexity index is 1020. The topological polar surface area (TPSA) is 125 Å². The van der Waals surface area contributed by atoms with E-state index >= 15 is 0 Å². The molecule has 1 fully saturated rings. The number of hydrogen-bond donors (Lipinski definition) is 2. The lowest BCUT2D eigenvalue weighted by Gasteiger charge is -2.34. The number of aromatic nitrogens is 1. The number of rotatable bonds is 8.